The number of carboxylic acid groups (broad SMARTS) is 1. The maximum absolute atomic E-state index is 11.8. The Labute approximate surface area is 161 Å². The SMILES string of the molecule is CCCCCCCCCCCCCCC(C(=O)[O-])(C(C)(O)O)[N+](C)(C)C. The molecule has 2 N–H and O–H groups in total. The molecule has 0 saturated carbocycles. The van der Waals surface area contributed by atoms with Gasteiger partial charge >= 0.3 is 0 Å². The summed E-state index contributed by atoms with van der Waals surface area (Å²) in [5.74, 6) is -3.73. The zero-order chi connectivity index (χ0) is 20.3. The first-order valence-corrected chi connectivity index (χ1v) is 10.5. The maximum Gasteiger partial charge on any atom is 0.222 e. The van der Waals surface area contributed by atoms with Crippen molar-refractivity contribution in [2.24, 2.45) is 0 Å². The van der Waals surface area contributed by atoms with Crippen LogP contribution in [0.2, 0.25) is 0 Å². The molecule has 0 fully saturated rings. The van der Waals surface area contributed by atoms with E-state index < -0.39 is 17.3 Å². The fourth-order valence-corrected chi connectivity index (χ4v) is 4.00. The van der Waals surface area contributed by atoms with Gasteiger partial charge in [-0.3, -0.25) is 0 Å². The second kappa shape index (κ2) is 11.9. The van der Waals surface area contributed by atoms with Crippen LogP contribution in [-0.4, -0.2) is 53.1 Å². The van der Waals surface area contributed by atoms with Crippen LogP contribution in [0.3, 0.4) is 0 Å². The van der Waals surface area contributed by atoms with Gasteiger partial charge in [-0.2, -0.15) is 0 Å². The lowest BCUT2D eigenvalue weighted by Crippen LogP contribution is -2.75. The first-order chi connectivity index (χ1) is 12.0. The Bertz CT molecular complexity index is 368. The third-order valence-electron chi connectivity index (χ3n) is 5.66. The van der Waals surface area contributed by atoms with E-state index in [2.05, 4.69) is 6.92 Å². The molecule has 1 unspecified atom stereocenters. The highest BCUT2D eigenvalue weighted by molar-refractivity contribution is 5.76. The zero-order valence-electron chi connectivity index (χ0n) is 17.9. The molecule has 0 rings (SSSR count). The van der Waals surface area contributed by atoms with Crippen LogP contribution in [0.4, 0.5) is 0 Å². The molecule has 5 heteroatoms. The molecular weight excluding hydrogens is 330 g/mol. The Morgan fingerprint density at radius 3 is 1.42 bits per heavy atom. The molecule has 1 atom stereocenters. The van der Waals surface area contributed by atoms with Crippen molar-refractivity contribution in [3.05, 3.63) is 0 Å². The van der Waals surface area contributed by atoms with Crippen molar-refractivity contribution in [3.63, 3.8) is 0 Å². The van der Waals surface area contributed by atoms with Crippen molar-refractivity contribution in [2.75, 3.05) is 21.1 Å². The minimum Gasteiger partial charge on any atom is -0.544 e. The van der Waals surface area contributed by atoms with Crippen LogP contribution in [-0.2, 0) is 4.79 Å². The van der Waals surface area contributed by atoms with Crippen molar-refractivity contribution in [3.8, 4) is 0 Å². The molecule has 0 aliphatic rings. The lowest BCUT2D eigenvalue weighted by Gasteiger charge is -2.51. The van der Waals surface area contributed by atoms with Gasteiger partial charge < -0.3 is 24.6 Å². The van der Waals surface area contributed by atoms with Gasteiger partial charge in [0.05, 0.1) is 21.1 Å². The average molecular weight is 374 g/mol. The molecule has 26 heavy (non-hydrogen) atoms. The lowest BCUT2D eigenvalue weighted by atomic mass is 9.81. The van der Waals surface area contributed by atoms with Gasteiger partial charge in [0.25, 0.3) is 0 Å². The Morgan fingerprint density at radius 2 is 1.15 bits per heavy atom. The summed E-state index contributed by atoms with van der Waals surface area (Å²) < 4.78 is -0.0864. The zero-order valence-corrected chi connectivity index (χ0v) is 17.9. The quantitative estimate of drug-likeness (QED) is 0.248. The highest BCUT2D eigenvalue weighted by atomic mass is 16.5. The molecule has 0 bridgehead atoms. The van der Waals surface area contributed by atoms with Crippen LogP contribution >= 0.6 is 0 Å². The van der Waals surface area contributed by atoms with E-state index in [9.17, 15) is 20.1 Å². The Morgan fingerprint density at radius 1 is 0.808 bits per heavy atom. The summed E-state index contributed by atoms with van der Waals surface area (Å²) in [5, 5.41) is 32.1. The molecule has 0 aromatic heterocycles. The molecule has 5 nitrogen and oxygen atoms in total. The number of unbranched alkanes of at least 4 members (excludes halogenated alkanes) is 11. The van der Waals surface area contributed by atoms with Crippen LogP contribution in [0.15, 0.2) is 0 Å². The summed E-state index contributed by atoms with van der Waals surface area (Å²) >= 11 is 0. The number of nitrogens with zero attached hydrogens (tertiary/aromatic N) is 1. The predicted molar refractivity (Wildman–Crippen MR) is 104 cm³/mol. The molecule has 0 heterocycles. The van der Waals surface area contributed by atoms with Crippen molar-refractivity contribution >= 4 is 5.97 Å². The highest BCUT2D eigenvalue weighted by Gasteiger charge is 2.57. The Hall–Kier alpha value is -0.650. The summed E-state index contributed by atoms with van der Waals surface area (Å²) in [6.07, 6.45) is 14.5. The van der Waals surface area contributed by atoms with E-state index in [4.69, 9.17) is 0 Å². The van der Waals surface area contributed by atoms with Crippen molar-refractivity contribution < 1.29 is 24.6 Å². The van der Waals surface area contributed by atoms with Crippen molar-refractivity contribution in [1.82, 2.24) is 0 Å². The van der Waals surface area contributed by atoms with Gasteiger partial charge in [0.2, 0.25) is 5.79 Å². The van der Waals surface area contributed by atoms with Gasteiger partial charge in [-0.05, 0) is 13.3 Å². The van der Waals surface area contributed by atoms with Crippen LogP contribution < -0.4 is 5.11 Å². The van der Waals surface area contributed by atoms with Crippen LogP contribution in [0.25, 0.3) is 0 Å². The smallest absolute Gasteiger partial charge is 0.222 e. The van der Waals surface area contributed by atoms with E-state index in [0.29, 0.717) is 6.42 Å². The topological polar surface area (TPSA) is 80.6 Å². The molecule has 0 radical (unpaired) electrons. The fourth-order valence-electron chi connectivity index (χ4n) is 4.00. The van der Waals surface area contributed by atoms with Crippen molar-refractivity contribution in [2.45, 2.75) is 109 Å². The van der Waals surface area contributed by atoms with Crippen LogP contribution in [0, 0.1) is 0 Å². The molecule has 0 aromatic rings. The number of likely N-dealkylation sites (N-methyl/N-ethyl adjacent to an activating group) is 1. The van der Waals surface area contributed by atoms with Gasteiger partial charge in [0.1, 0.15) is 5.97 Å². The summed E-state index contributed by atoms with van der Waals surface area (Å²) in [6.45, 7) is 3.38. The van der Waals surface area contributed by atoms with Crippen LogP contribution in [0.1, 0.15) is 97.3 Å². The lowest BCUT2D eigenvalue weighted by molar-refractivity contribution is -0.929. The number of hydrogen-bond donors (Lipinski definition) is 2. The van der Waals surface area contributed by atoms with E-state index in [1.807, 2.05) is 0 Å². The van der Waals surface area contributed by atoms with Crippen molar-refractivity contribution in [1.29, 1.82) is 0 Å². The van der Waals surface area contributed by atoms with E-state index >= 15 is 0 Å². The van der Waals surface area contributed by atoms with Gasteiger partial charge in [0, 0.05) is 6.42 Å². The predicted octanol–water partition coefficient (Wildman–Crippen LogP) is 2.97. The van der Waals surface area contributed by atoms with Crippen LogP contribution in [0.5, 0.6) is 0 Å². The number of rotatable bonds is 16. The van der Waals surface area contributed by atoms with Gasteiger partial charge in [0.15, 0.2) is 5.54 Å². The number of carboxylic acids is 1. The number of quaternary nitrogens is 1. The maximum atomic E-state index is 11.8. The molecular formula is C21H43NO4. The summed E-state index contributed by atoms with van der Waals surface area (Å²) in [4.78, 5) is 11.8. The van der Waals surface area contributed by atoms with E-state index in [1.165, 1.54) is 51.4 Å². The highest BCUT2D eigenvalue weighted by Crippen LogP contribution is 2.35. The monoisotopic (exact) mass is 373 g/mol. The summed E-state index contributed by atoms with van der Waals surface area (Å²) in [7, 11) is 5.00. The third kappa shape index (κ3) is 7.93. The minimum atomic E-state index is -2.33. The van der Waals surface area contributed by atoms with E-state index in [1.54, 1.807) is 21.1 Å². The molecule has 156 valence electrons. The van der Waals surface area contributed by atoms with Gasteiger partial charge in [-0.25, -0.2) is 0 Å². The van der Waals surface area contributed by atoms with Gasteiger partial charge in [-0.1, -0.05) is 77.6 Å². The second-order valence-corrected chi connectivity index (χ2v) is 8.82. The molecule has 0 amide bonds. The number of carbonyl (C=O) groups is 1. The number of aliphatic hydroxyl groups is 2. The third-order valence-corrected chi connectivity index (χ3v) is 5.66. The molecule has 0 aliphatic heterocycles. The standard InChI is InChI=1S/C21H43NO4/c1-6-7-8-9-10-11-12-13-14-15-16-17-18-21(19(23)24,20(2,25)26)22(3,4)5/h25-26H,6-18H2,1-5H3. The molecule has 0 spiro atoms. The molecule has 0 aromatic carbocycles. The Balaban J connectivity index is 4.11. The van der Waals surface area contributed by atoms with E-state index in [-0.39, 0.29) is 10.9 Å². The Kier molecular flexibility index (Phi) is 11.6. The first-order valence-electron chi connectivity index (χ1n) is 10.5. The van der Waals surface area contributed by atoms with Gasteiger partial charge in [-0.15, -0.1) is 0 Å². The summed E-state index contributed by atoms with van der Waals surface area (Å²) in [5.41, 5.74) is -1.73. The molecule has 0 aliphatic carbocycles. The average Bonchev–Trinajstić information content (AvgIpc) is 2.49. The molecule has 0 saturated heterocycles. The number of hydrogen-bond acceptors (Lipinski definition) is 4. The summed E-state index contributed by atoms with van der Waals surface area (Å²) in [6, 6.07) is 0. The number of aliphatic carboxylic acids is 1. The fraction of sp³-hybridized carbons (Fsp3) is 0.952. The first kappa shape index (κ1) is 25.4. The normalized spacial score (nSPS) is 15.0. The second-order valence-electron chi connectivity index (χ2n) is 8.82. The number of carbonyl (C=O) groups excluding carboxylic acids is 1. The largest absolute Gasteiger partial charge is 0.544 e. The van der Waals surface area contributed by atoms with E-state index in [0.717, 1.165) is 26.2 Å². The minimum absolute atomic E-state index is 0.0864.